The molecule has 3 heteroatoms. The minimum atomic E-state index is 0.0206. The van der Waals surface area contributed by atoms with E-state index >= 15 is 0 Å². The summed E-state index contributed by atoms with van der Waals surface area (Å²) in [6, 6.07) is 8.66. The van der Waals surface area contributed by atoms with Gasteiger partial charge < -0.3 is 10.3 Å². The van der Waals surface area contributed by atoms with Gasteiger partial charge >= 0.3 is 0 Å². The van der Waals surface area contributed by atoms with E-state index in [1.165, 1.54) is 11.1 Å². The smallest absolute Gasteiger partial charge is 0.0946 e. The third kappa shape index (κ3) is 3.44. The molecule has 0 bridgehead atoms. The lowest BCUT2D eigenvalue weighted by Gasteiger charge is -2.13. The minimum Gasteiger partial charge on any atom is -0.336 e. The second kappa shape index (κ2) is 5.83. The number of benzene rings is 1. The predicted octanol–water partition coefficient (Wildman–Crippen LogP) is 2.78. The monoisotopic (exact) mass is 243 g/mol. The van der Waals surface area contributed by atoms with Gasteiger partial charge in [0.2, 0.25) is 0 Å². The molecular formula is C15H21N3. The van der Waals surface area contributed by atoms with Gasteiger partial charge in [0.05, 0.1) is 6.33 Å². The SMILES string of the molecule is CC(C)Cc1ccc(C(N)Cn2ccnc2)cc1. The first-order chi connectivity index (χ1) is 8.65. The van der Waals surface area contributed by atoms with Gasteiger partial charge in [0.15, 0.2) is 0 Å². The molecule has 3 nitrogen and oxygen atoms in total. The summed E-state index contributed by atoms with van der Waals surface area (Å²) >= 11 is 0. The molecule has 0 aliphatic heterocycles. The molecule has 1 aromatic carbocycles. The van der Waals surface area contributed by atoms with Gasteiger partial charge in [-0.2, -0.15) is 0 Å². The van der Waals surface area contributed by atoms with Crippen LogP contribution in [0.25, 0.3) is 0 Å². The fourth-order valence-electron chi connectivity index (χ4n) is 2.10. The third-order valence-corrected chi connectivity index (χ3v) is 3.02. The Balaban J connectivity index is 2.00. The van der Waals surface area contributed by atoms with Crippen LogP contribution in [0.4, 0.5) is 0 Å². The van der Waals surface area contributed by atoms with Crippen molar-refractivity contribution in [3.8, 4) is 0 Å². The molecule has 1 atom stereocenters. The van der Waals surface area contributed by atoms with Gasteiger partial charge in [-0.05, 0) is 23.5 Å². The Morgan fingerprint density at radius 3 is 2.50 bits per heavy atom. The van der Waals surface area contributed by atoms with Crippen LogP contribution in [-0.2, 0) is 13.0 Å². The molecule has 2 N–H and O–H groups in total. The third-order valence-electron chi connectivity index (χ3n) is 3.02. The highest BCUT2D eigenvalue weighted by molar-refractivity contribution is 5.25. The van der Waals surface area contributed by atoms with E-state index in [0.717, 1.165) is 13.0 Å². The lowest BCUT2D eigenvalue weighted by Crippen LogP contribution is -2.16. The molecule has 0 aliphatic carbocycles. The maximum absolute atomic E-state index is 6.19. The Labute approximate surface area is 109 Å². The molecule has 2 rings (SSSR count). The van der Waals surface area contributed by atoms with Gasteiger partial charge in [-0.15, -0.1) is 0 Å². The lowest BCUT2D eigenvalue weighted by molar-refractivity contribution is 0.576. The van der Waals surface area contributed by atoms with Crippen molar-refractivity contribution in [2.75, 3.05) is 0 Å². The fraction of sp³-hybridized carbons (Fsp3) is 0.400. The molecule has 0 radical (unpaired) electrons. The Hall–Kier alpha value is -1.61. The highest BCUT2D eigenvalue weighted by Gasteiger charge is 2.06. The number of imidazole rings is 1. The van der Waals surface area contributed by atoms with Crippen molar-refractivity contribution in [2.45, 2.75) is 32.9 Å². The topological polar surface area (TPSA) is 43.8 Å². The van der Waals surface area contributed by atoms with Crippen molar-refractivity contribution < 1.29 is 0 Å². The largest absolute Gasteiger partial charge is 0.336 e. The average Bonchev–Trinajstić information content (AvgIpc) is 2.82. The average molecular weight is 243 g/mol. The molecule has 0 spiro atoms. The van der Waals surface area contributed by atoms with Gasteiger partial charge in [-0.1, -0.05) is 38.1 Å². The van der Waals surface area contributed by atoms with Crippen molar-refractivity contribution in [1.29, 1.82) is 0 Å². The Morgan fingerprint density at radius 2 is 1.94 bits per heavy atom. The van der Waals surface area contributed by atoms with E-state index in [1.54, 1.807) is 12.5 Å². The zero-order chi connectivity index (χ0) is 13.0. The zero-order valence-electron chi connectivity index (χ0n) is 11.1. The van der Waals surface area contributed by atoms with Crippen LogP contribution in [0.1, 0.15) is 31.0 Å². The Bertz CT molecular complexity index is 457. The first-order valence-corrected chi connectivity index (χ1v) is 6.45. The van der Waals surface area contributed by atoms with Crippen LogP contribution in [-0.4, -0.2) is 9.55 Å². The van der Waals surface area contributed by atoms with Gasteiger partial charge in [0.25, 0.3) is 0 Å². The number of hydrogen-bond donors (Lipinski definition) is 1. The number of rotatable bonds is 5. The molecule has 0 saturated carbocycles. The normalized spacial score (nSPS) is 12.9. The van der Waals surface area contributed by atoms with Gasteiger partial charge in [-0.25, -0.2) is 4.98 Å². The van der Waals surface area contributed by atoms with E-state index in [-0.39, 0.29) is 6.04 Å². The first kappa shape index (κ1) is 12.8. The van der Waals surface area contributed by atoms with Crippen molar-refractivity contribution in [3.05, 3.63) is 54.1 Å². The van der Waals surface area contributed by atoms with Gasteiger partial charge in [0, 0.05) is 25.0 Å². The van der Waals surface area contributed by atoms with Crippen LogP contribution in [0.2, 0.25) is 0 Å². The molecule has 1 heterocycles. The molecule has 1 unspecified atom stereocenters. The molecule has 96 valence electrons. The van der Waals surface area contributed by atoms with Crippen LogP contribution in [0, 0.1) is 5.92 Å². The maximum Gasteiger partial charge on any atom is 0.0946 e. The van der Waals surface area contributed by atoms with Crippen molar-refractivity contribution in [3.63, 3.8) is 0 Å². The number of aromatic nitrogens is 2. The minimum absolute atomic E-state index is 0.0206. The summed E-state index contributed by atoms with van der Waals surface area (Å²) in [7, 11) is 0. The molecule has 1 aromatic heterocycles. The van der Waals surface area contributed by atoms with Gasteiger partial charge in [0.1, 0.15) is 0 Å². The number of nitrogens with two attached hydrogens (primary N) is 1. The van der Waals surface area contributed by atoms with Crippen LogP contribution in [0.5, 0.6) is 0 Å². The van der Waals surface area contributed by atoms with E-state index in [9.17, 15) is 0 Å². The van der Waals surface area contributed by atoms with E-state index in [4.69, 9.17) is 5.73 Å². The maximum atomic E-state index is 6.19. The van der Waals surface area contributed by atoms with Crippen LogP contribution in [0.15, 0.2) is 43.0 Å². The second-order valence-electron chi connectivity index (χ2n) is 5.21. The lowest BCUT2D eigenvalue weighted by atomic mass is 9.99. The summed E-state index contributed by atoms with van der Waals surface area (Å²) in [5.41, 5.74) is 8.74. The summed E-state index contributed by atoms with van der Waals surface area (Å²) in [6.07, 6.45) is 6.63. The summed E-state index contributed by atoms with van der Waals surface area (Å²) in [5.74, 6) is 0.690. The molecule has 0 fully saturated rings. The van der Waals surface area contributed by atoms with E-state index in [1.807, 2.05) is 10.8 Å². The van der Waals surface area contributed by atoms with E-state index in [2.05, 4.69) is 43.1 Å². The van der Waals surface area contributed by atoms with Crippen LogP contribution in [0.3, 0.4) is 0 Å². The second-order valence-corrected chi connectivity index (χ2v) is 5.21. The quantitative estimate of drug-likeness (QED) is 0.877. The number of hydrogen-bond acceptors (Lipinski definition) is 2. The highest BCUT2D eigenvalue weighted by Crippen LogP contribution is 2.15. The highest BCUT2D eigenvalue weighted by atomic mass is 15.0. The summed E-state index contributed by atoms with van der Waals surface area (Å²) in [4.78, 5) is 4.02. The Morgan fingerprint density at radius 1 is 1.22 bits per heavy atom. The van der Waals surface area contributed by atoms with Gasteiger partial charge in [-0.3, -0.25) is 0 Å². The van der Waals surface area contributed by atoms with E-state index < -0.39 is 0 Å². The molecular weight excluding hydrogens is 222 g/mol. The van der Waals surface area contributed by atoms with Crippen LogP contribution >= 0.6 is 0 Å². The number of nitrogens with zero attached hydrogens (tertiary/aromatic N) is 2. The standard InChI is InChI=1S/C15H21N3/c1-12(2)9-13-3-5-14(6-4-13)15(16)10-18-8-7-17-11-18/h3-8,11-12,15H,9-10,16H2,1-2H3. The predicted molar refractivity (Wildman–Crippen MR) is 74.1 cm³/mol. The fourth-order valence-corrected chi connectivity index (χ4v) is 2.10. The summed E-state index contributed by atoms with van der Waals surface area (Å²) < 4.78 is 2.01. The molecule has 0 amide bonds. The summed E-state index contributed by atoms with van der Waals surface area (Å²) in [6.45, 7) is 5.24. The van der Waals surface area contributed by atoms with E-state index in [0.29, 0.717) is 5.92 Å². The van der Waals surface area contributed by atoms with Crippen LogP contribution < -0.4 is 5.73 Å². The van der Waals surface area contributed by atoms with Crippen molar-refractivity contribution >= 4 is 0 Å². The summed E-state index contributed by atoms with van der Waals surface area (Å²) in [5, 5.41) is 0. The molecule has 18 heavy (non-hydrogen) atoms. The first-order valence-electron chi connectivity index (χ1n) is 6.45. The molecule has 2 aromatic rings. The molecule has 0 saturated heterocycles. The Kier molecular flexibility index (Phi) is 4.15. The zero-order valence-corrected chi connectivity index (χ0v) is 11.1. The molecule has 0 aliphatic rings. The van der Waals surface area contributed by atoms with Crippen molar-refractivity contribution in [1.82, 2.24) is 9.55 Å². The van der Waals surface area contributed by atoms with Crippen molar-refractivity contribution in [2.24, 2.45) is 11.7 Å².